The molecule has 7 heteroatoms. The molecular weight excluding hydrogens is 270 g/mol. The molecule has 0 saturated heterocycles. The predicted molar refractivity (Wildman–Crippen MR) is 75.2 cm³/mol. The van der Waals surface area contributed by atoms with Crippen molar-refractivity contribution in [1.29, 1.82) is 0 Å². The molecular formula is C14H15N5O2. The maximum Gasteiger partial charge on any atom is 0.271 e. The maximum absolute atomic E-state index is 12.1. The molecule has 2 rings (SSSR count). The molecule has 0 unspecified atom stereocenters. The van der Waals surface area contributed by atoms with E-state index < -0.39 is 0 Å². The van der Waals surface area contributed by atoms with Crippen LogP contribution in [-0.4, -0.2) is 44.3 Å². The van der Waals surface area contributed by atoms with Crippen molar-refractivity contribution in [3.8, 4) is 11.8 Å². The first kappa shape index (κ1) is 14.7. The minimum absolute atomic E-state index is 0.00796. The topological polar surface area (TPSA) is 104 Å². The summed E-state index contributed by atoms with van der Waals surface area (Å²) in [7, 11) is 0. The summed E-state index contributed by atoms with van der Waals surface area (Å²) in [6, 6.07) is 3.44. The van der Waals surface area contributed by atoms with Crippen molar-refractivity contribution in [2.75, 3.05) is 13.2 Å². The van der Waals surface area contributed by atoms with E-state index in [1.807, 2.05) is 0 Å². The molecule has 0 aliphatic heterocycles. The van der Waals surface area contributed by atoms with Crippen LogP contribution in [-0.2, 0) is 6.42 Å². The fourth-order valence-electron chi connectivity index (χ4n) is 1.63. The van der Waals surface area contributed by atoms with Gasteiger partial charge in [-0.1, -0.05) is 11.8 Å². The monoisotopic (exact) mass is 285 g/mol. The number of aromatic nitrogens is 4. The summed E-state index contributed by atoms with van der Waals surface area (Å²) < 4.78 is 0. The van der Waals surface area contributed by atoms with Gasteiger partial charge in [-0.3, -0.25) is 9.89 Å². The summed E-state index contributed by atoms with van der Waals surface area (Å²) in [6.07, 6.45) is 3.89. The summed E-state index contributed by atoms with van der Waals surface area (Å²) in [4.78, 5) is 20.1. The molecule has 0 saturated carbocycles. The Kier molecular flexibility index (Phi) is 5.43. The number of aromatic amines is 1. The van der Waals surface area contributed by atoms with Crippen LogP contribution in [0.15, 0.2) is 24.7 Å². The van der Waals surface area contributed by atoms with Gasteiger partial charge in [0.15, 0.2) is 0 Å². The Hall–Kier alpha value is -2.72. The van der Waals surface area contributed by atoms with Gasteiger partial charge in [0.2, 0.25) is 0 Å². The zero-order chi connectivity index (χ0) is 14.9. The minimum atomic E-state index is -0.289. The average molecular weight is 285 g/mol. The number of nitrogens with zero attached hydrogens (tertiary/aromatic N) is 3. The van der Waals surface area contributed by atoms with Gasteiger partial charge in [0.25, 0.3) is 5.91 Å². The molecule has 108 valence electrons. The molecule has 3 N–H and O–H groups in total. The van der Waals surface area contributed by atoms with Crippen LogP contribution in [0.4, 0.5) is 0 Å². The lowest BCUT2D eigenvalue weighted by molar-refractivity contribution is 0.0949. The van der Waals surface area contributed by atoms with E-state index >= 15 is 0 Å². The lowest BCUT2D eigenvalue weighted by Gasteiger charge is -2.05. The van der Waals surface area contributed by atoms with Gasteiger partial charge in [-0.05, 0) is 12.1 Å². The normalized spacial score (nSPS) is 9.76. The number of H-pyrrole nitrogens is 1. The Labute approximate surface area is 121 Å². The van der Waals surface area contributed by atoms with Crippen LogP contribution in [0.3, 0.4) is 0 Å². The van der Waals surface area contributed by atoms with Crippen molar-refractivity contribution < 1.29 is 9.90 Å². The molecule has 0 atom stereocenters. The number of carbonyl (C=O) groups is 1. The highest BCUT2D eigenvalue weighted by molar-refractivity contribution is 5.94. The first-order valence-corrected chi connectivity index (χ1v) is 6.48. The fraction of sp³-hybridized carbons (Fsp3) is 0.286. The molecule has 0 bridgehead atoms. The van der Waals surface area contributed by atoms with Crippen molar-refractivity contribution in [3.05, 3.63) is 41.7 Å². The van der Waals surface area contributed by atoms with Gasteiger partial charge in [-0.2, -0.15) is 5.10 Å². The second-order valence-corrected chi connectivity index (χ2v) is 4.11. The third-order valence-electron chi connectivity index (χ3n) is 2.59. The van der Waals surface area contributed by atoms with Gasteiger partial charge in [-0.25, -0.2) is 9.97 Å². The number of pyridine rings is 1. The second-order valence-electron chi connectivity index (χ2n) is 4.11. The Bertz CT molecular complexity index is 643. The van der Waals surface area contributed by atoms with Crippen LogP contribution in [0.5, 0.6) is 0 Å². The molecule has 0 aliphatic carbocycles. The third-order valence-corrected chi connectivity index (χ3v) is 2.59. The minimum Gasteiger partial charge on any atom is -0.395 e. The van der Waals surface area contributed by atoms with Crippen molar-refractivity contribution in [2.45, 2.75) is 12.8 Å². The molecule has 2 aromatic rings. The van der Waals surface area contributed by atoms with Gasteiger partial charge in [0, 0.05) is 25.6 Å². The molecule has 0 spiro atoms. The van der Waals surface area contributed by atoms with Crippen LogP contribution < -0.4 is 5.32 Å². The van der Waals surface area contributed by atoms with E-state index in [0.717, 1.165) is 0 Å². The molecule has 1 amide bonds. The van der Waals surface area contributed by atoms with E-state index in [1.54, 1.807) is 18.3 Å². The average Bonchev–Trinajstić information content (AvgIpc) is 3.01. The fourth-order valence-corrected chi connectivity index (χ4v) is 1.63. The molecule has 0 aliphatic rings. The molecule has 2 aromatic heterocycles. The summed E-state index contributed by atoms with van der Waals surface area (Å²) in [5.41, 5.74) is 0.823. The van der Waals surface area contributed by atoms with E-state index in [-0.39, 0.29) is 18.2 Å². The maximum atomic E-state index is 12.1. The highest BCUT2D eigenvalue weighted by Gasteiger charge is 2.11. The second kappa shape index (κ2) is 7.77. The first-order valence-electron chi connectivity index (χ1n) is 6.48. The number of carbonyl (C=O) groups excluding carboxylic acids is 1. The van der Waals surface area contributed by atoms with Gasteiger partial charge < -0.3 is 10.4 Å². The number of hydrogen-bond donors (Lipinski definition) is 3. The zero-order valence-electron chi connectivity index (χ0n) is 11.3. The number of nitrogens with one attached hydrogen (secondary N) is 2. The molecule has 7 nitrogen and oxygen atoms in total. The van der Waals surface area contributed by atoms with Crippen molar-refractivity contribution in [3.63, 3.8) is 0 Å². The van der Waals surface area contributed by atoms with Gasteiger partial charge in [0.05, 0.1) is 12.2 Å². The zero-order valence-corrected chi connectivity index (χ0v) is 11.3. The molecule has 21 heavy (non-hydrogen) atoms. The Morgan fingerprint density at radius 3 is 3.10 bits per heavy atom. The van der Waals surface area contributed by atoms with Crippen molar-refractivity contribution in [1.82, 2.24) is 25.5 Å². The number of aliphatic hydroxyl groups is 1. The summed E-state index contributed by atoms with van der Waals surface area (Å²) >= 11 is 0. The van der Waals surface area contributed by atoms with E-state index in [9.17, 15) is 4.79 Å². The molecule has 2 heterocycles. The van der Waals surface area contributed by atoms with Crippen LogP contribution in [0.25, 0.3) is 0 Å². The molecule has 0 aromatic carbocycles. The number of rotatable bonds is 5. The van der Waals surface area contributed by atoms with Crippen LogP contribution in [0.2, 0.25) is 0 Å². The Balaban J connectivity index is 1.97. The van der Waals surface area contributed by atoms with Gasteiger partial charge in [0.1, 0.15) is 17.8 Å². The van der Waals surface area contributed by atoms with Crippen LogP contribution in [0.1, 0.15) is 28.3 Å². The highest BCUT2D eigenvalue weighted by atomic mass is 16.2. The van der Waals surface area contributed by atoms with E-state index in [2.05, 4.69) is 37.3 Å². The standard InChI is InChI=1S/C14H15N5O2/c20-9-2-1-4-11-5-3-7-15-13(11)14(21)16-8-6-12-17-10-18-19-12/h3,5,7,10,20H,2,6,8-9H2,(H,16,21)(H,17,18,19). The smallest absolute Gasteiger partial charge is 0.271 e. The van der Waals surface area contributed by atoms with E-state index in [1.165, 1.54) is 6.33 Å². The summed E-state index contributed by atoms with van der Waals surface area (Å²) in [5, 5.41) is 17.9. The largest absolute Gasteiger partial charge is 0.395 e. The number of aliphatic hydroxyl groups excluding tert-OH is 1. The lowest BCUT2D eigenvalue weighted by atomic mass is 10.2. The Morgan fingerprint density at radius 1 is 1.43 bits per heavy atom. The molecule has 0 radical (unpaired) electrons. The predicted octanol–water partition coefficient (Wildman–Crippen LogP) is -0.0939. The van der Waals surface area contributed by atoms with Crippen LogP contribution in [0, 0.1) is 11.8 Å². The summed E-state index contributed by atoms with van der Waals surface area (Å²) in [6.45, 7) is 0.417. The molecule has 0 fully saturated rings. The lowest BCUT2D eigenvalue weighted by Crippen LogP contribution is -2.27. The summed E-state index contributed by atoms with van der Waals surface area (Å²) in [5.74, 6) is 6.04. The Morgan fingerprint density at radius 2 is 2.33 bits per heavy atom. The van der Waals surface area contributed by atoms with Crippen molar-refractivity contribution >= 4 is 5.91 Å². The quantitative estimate of drug-likeness (QED) is 0.666. The van der Waals surface area contributed by atoms with Crippen LogP contribution >= 0.6 is 0 Å². The number of hydrogen-bond acceptors (Lipinski definition) is 5. The van der Waals surface area contributed by atoms with Crippen molar-refractivity contribution in [2.24, 2.45) is 0 Å². The van der Waals surface area contributed by atoms with Gasteiger partial charge >= 0.3 is 0 Å². The first-order chi connectivity index (χ1) is 10.3. The SMILES string of the molecule is O=C(NCCc1ncn[nH]1)c1ncccc1C#CCCO. The van der Waals surface area contributed by atoms with Gasteiger partial charge in [-0.15, -0.1) is 0 Å². The van der Waals surface area contributed by atoms with E-state index in [0.29, 0.717) is 30.8 Å². The highest BCUT2D eigenvalue weighted by Crippen LogP contribution is 2.03. The number of amides is 1. The third kappa shape index (κ3) is 4.40. The van der Waals surface area contributed by atoms with E-state index in [4.69, 9.17) is 5.11 Å².